The van der Waals surface area contributed by atoms with E-state index in [0.29, 0.717) is 13.1 Å². The third kappa shape index (κ3) is 17.7. The molecule has 1 aliphatic carbocycles. The van der Waals surface area contributed by atoms with Gasteiger partial charge in [-0.15, -0.1) is 0 Å². The average Bonchev–Trinajstić information content (AvgIpc) is 2.81. The van der Waals surface area contributed by atoms with Gasteiger partial charge in [-0.3, -0.25) is 9.59 Å². The van der Waals surface area contributed by atoms with Crippen LogP contribution in [0.2, 0.25) is 0 Å². The minimum atomic E-state index is -0.301. The first-order chi connectivity index (χ1) is 16.0. The van der Waals surface area contributed by atoms with E-state index in [1.54, 1.807) is 0 Å². The molecular weight excluding hydrogens is 412 g/mol. The molecule has 6 heteroatoms. The molecule has 1 aliphatic rings. The van der Waals surface area contributed by atoms with Crippen molar-refractivity contribution in [1.29, 1.82) is 0 Å². The van der Waals surface area contributed by atoms with Gasteiger partial charge in [0.25, 0.3) is 0 Å². The van der Waals surface area contributed by atoms with Crippen molar-refractivity contribution >= 4 is 11.8 Å². The van der Waals surface area contributed by atoms with Crippen LogP contribution >= 0.6 is 0 Å². The summed E-state index contributed by atoms with van der Waals surface area (Å²) in [4.78, 5) is 24.2. The zero-order valence-electron chi connectivity index (χ0n) is 21.9. The van der Waals surface area contributed by atoms with Gasteiger partial charge in [0.15, 0.2) is 0 Å². The molecule has 1 rings (SSSR count). The molecule has 0 heterocycles. The summed E-state index contributed by atoms with van der Waals surface area (Å²) in [5.41, 5.74) is 11.1. The van der Waals surface area contributed by atoms with Gasteiger partial charge in [-0.1, -0.05) is 90.7 Å². The lowest BCUT2D eigenvalue weighted by Gasteiger charge is -2.22. The summed E-state index contributed by atoms with van der Waals surface area (Å²) in [6.45, 7) is 8.31. The Morgan fingerprint density at radius 3 is 2.30 bits per heavy atom. The fourth-order valence-electron chi connectivity index (χ4n) is 4.23. The summed E-state index contributed by atoms with van der Waals surface area (Å²) >= 11 is 0. The van der Waals surface area contributed by atoms with Crippen LogP contribution in [0.5, 0.6) is 0 Å². The van der Waals surface area contributed by atoms with Gasteiger partial charge in [0.05, 0.1) is 12.0 Å². The lowest BCUT2D eigenvalue weighted by atomic mass is 9.86. The Morgan fingerprint density at radius 2 is 1.70 bits per heavy atom. The van der Waals surface area contributed by atoms with Crippen molar-refractivity contribution in [2.75, 3.05) is 19.6 Å². The number of hydrogen-bond donors (Lipinski definition) is 4. The topological polar surface area (TPSA) is 110 Å². The van der Waals surface area contributed by atoms with E-state index in [0.717, 1.165) is 57.4 Å². The second-order valence-electron chi connectivity index (χ2n) is 9.47. The second-order valence-corrected chi connectivity index (χ2v) is 9.47. The summed E-state index contributed by atoms with van der Waals surface area (Å²) in [6.07, 6.45) is 19.7. The van der Waals surface area contributed by atoms with Crippen molar-refractivity contribution in [2.45, 2.75) is 117 Å². The van der Waals surface area contributed by atoms with E-state index in [9.17, 15) is 9.59 Å². The lowest BCUT2D eigenvalue weighted by molar-refractivity contribution is -0.123. The quantitative estimate of drug-likeness (QED) is 0.182. The summed E-state index contributed by atoms with van der Waals surface area (Å²) in [5, 5.41) is 6.44. The molecule has 6 nitrogen and oxygen atoms in total. The molecule has 0 spiro atoms. The maximum Gasteiger partial charge on any atom is 0.237 e. The maximum atomic E-state index is 12.7. The highest BCUT2D eigenvalue weighted by molar-refractivity contribution is 5.82. The van der Waals surface area contributed by atoms with Crippen molar-refractivity contribution in [1.82, 2.24) is 10.6 Å². The number of amides is 2. The smallest absolute Gasteiger partial charge is 0.237 e. The predicted molar refractivity (Wildman–Crippen MR) is 141 cm³/mol. The van der Waals surface area contributed by atoms with Crippen molar-refractivity contribution in [2.24, 2.45) is 23.3 Å². The number of hydrogen-bond acceptors (Lipinski definition) is 4. The molecule has 194 valence electrons. The third-order valence-electron chi connectivity index (χ3n) is 6.16. The number of nitrogens with one attached hydrogen (secondary N) is 2. The number of nitrogens with two attached hydrogens (primary N) is 2. The molecule has 0 aliphatic heterocycles. The van der Waals surface area contributed by atoms with E-state index < -0.39 is 0 Å². The van der Waals surface area contributed by atoms with Gasteiger partial charge in [-0.2, -0.15) is 0 Å². The molecule has 0 unspecified atom stereocenters. The Balaban J connectivity index is 0.00000322. The monoisotopic (exact) mass is 466 g/mol. The fraction of sp³-hybridized carbons (Fsp3) is 0.852. The molecule has 6 N–H and O–H groups in total. The highest BCUT2D eigenvalue weighted by Gasteiger charge is 2.18. The standard InChI is InChI=1S/C24H46N4O2.C3H8/c1-2-3-14-21(23(26)29)15-10-19-28-24(30)22(16-7-8-17-25)27-18-9-13-20-11-5-4-6-12-20;1-3-2/h10,15,20-22,27H,2-9,11-14,16-19,25H2,1H3,(H2,26,29)(H,28,30);3H2,1-2H3/b15-10+;/t21-,22+;/m1./s1. The first kappa shape index (κ1) is 31.6. The van der Waals surface area contributed by atoms with Gasteiger partial charge >= 0.3 is 0 Å². The van der Waals surface area contributed by atoms with E-state index in [4.69, 9.17) is 11.5 Å². The van der Waals surface area contributed by atoms with Gasteiger partial charge in [0, 0.05) is 6.54 Å². The van der Waals surface area contributed by atoms with Crippen molar-refractivity contribution < 1.29 is 9.59 Å². The van der Waals surface area contributed by atoms with E-state index in [1.807, 2.05) is 12.2 Å². The Morgan fingerprint density at radius 1 is 1.00 bits per heavy atom. The normalized spacial score (nSPS) is 16.1. The molecule has 0 bridgehead atoms. The molecule has 33 heavy (non-hydrogen) atoms. The summed E-state index contributed by atoms with van der Waals surface area (Å²) in [7, 11) is 0. The molecule has 2 amide bonds. The zero-order valence-corrected chi connectivity index (χ0v) is 21.9. The number of carbonyl (C=O) groups is 2. The van der Waals surface area contributed by atoms with E-state index in [2.05, 4.69) is 31.4 Å². The number of unbranched alkanes of at least 4 members (excludes halogenated alkanes) is 2. The maximum absolute atomic E-state index is 12.7. The van der Waals surface area contributed by atoms with Crippen LogP contribution in [-0.2, 0) is 9.59 Å². The molecule has 2 atom stereocenters. The molecule has 1 fully saturated rings. The molecule has 0 aromatic rings. The summed E-state index contributed by atoms with van der Waals surface area (Å²) in [5.74, 6) is 0.352. The van der Waals surface area contributed by atoms with Crippen molar-refractivity contribution in [3.8, 4) is 0 Å². The minimum absolute atomic E-state index is 0.0264. The van der Waals surface area contributed by atoms with Crippen LogP contribution in [0.4, 0.5) is 0 Å². The van der Waals surface area contributed by atoms with Crippen LogP contribution in [0.15, 0.2) is 12.2 Å². The van der Waals surface area contributed by atoms with Gasteiger partial charge in [-0.25, -0.2) is 0 Å². The molecule has 0 saturated heterocycles. The molecule has 0 aromatic carbocycles. The zero-order chi connectivity index (χ0) is 24.7. The van der Waals surface area contributed by atoms with Crippen LogP contribution in [0, 0.1) is 11.8 Å². The number of primary amides is 1. The fourth-order valence-corrected chi connectivity index (χ4v) is 4.23. The summed E-state index contributed by atoms with van der Waals surface area (Å²) < 4.78 is 0. The lowest BCUT2D eigenvalue weighted by Crippen LogP contribution is -2.44. The molecular formula is C27H54N4O2. The summed E-state index contributed by atoms with van der Waals surface area (Å²) in [6, 6.07) is -0.177. The van der Waals surface area contributed by atoms with Crippen molar-refractivity contribution in [3.63, 3.8) is 0 Å². The molecule has 0 radical (unpaired) electrons. The molecule has 1 saturated carbocycles. The van der Waals surface area contributed by atoms with Crippen LogP contribution in [0.25, 0.3) is 0 Å². The predicted octanol–water partition coefficient (Wildman–Crippen LogP) is 4.81. The Kier molecular flexibility index (Phi) is 21.4. The molecule has 0 aromatic heterocycles. The SMILES string of the molecule is CCC.CCCC[C@H](/C=C/CNC(=O)[C@H](CCCCN)NCCCC1CCCCC1)C(N)=O. The van der Waals surface area contributed by atoms with Gasteiger partial charge in [-0.05, 0) is 51.1 Å². The Bertz CT molecular complexity index is 504. The average molecular weight is 467 g/mol. The van der Waals surface area contributed by atoms with E-state index in [-0.39, 0.29) is 23.8 Å². The van der Waals surface area contributed by atoms with Crippen LogP contribution in [-0.4, -0.2) is 37.5 Å². The van der Waals surface area contributed by atoms with Crippen LogP contribution < -0.4 is 22.1 Å². The Hall–Kier alpha value is -1.40. The first-order valence-corrected chi connectivity index (χ1v) is 13.7. The third-order valence-corrected chi connectivity index (χ3v) is 6.16. The minimum Gasteiger partial charge on any atom is -0.369 e. The second kappa shape index (κ2) is 22.4. The van der Waals surface area contributed by atoms with Gasteiger partial charge in [0.2, 0.25) is 11.8 Å². The number of rotatable bonds is 17. The largest absolute Gasteiger partial charge is 0.369 e. The van der Waals surface area contributed by atoms with Crippen molar-refractivity contribution in [3.05, 3.63) is 12.2 Å². The van der Waals surface area contributed by atoms with Gasteiger partial charge < -0.3 is 22.1 Å². The van der Waals surface area contributed by atoms with E-state index in [1.165, 1.54) is 44.9 Å². The van der Waals surface area contributed by atoms with Gasteiger partial charge in [0.1, 0.15) is 0 Å². The highest BCUT2D eigenvalue weighted by Crippen LogP contribution is 2.27. The van der Waals surface area contributed by atoms with Crippen LogP contribution in [0.3, 0.4) is 0 Å². The van der Waals surface area contributed by atoms with Crippen LogP contribution in [0.1, 0.15) is 111 Å². The van der Waals surface area contributed by atoms with E-state index >= 15 is 0 Å². The number of carbonyl (C=O) groups excluding carboxylic acids is 2. The first-order valence-electron chi connectivity index (χ1n) is 13.7. The Labute approximate surface area is 204 Å². The highest BCUT2D eigenvalue weighted by atomic mass is 16.2.